The number of nitrogens with zero attached hydrogens (tertiary/aromatic N) is 2. The largest absolute Gasteiger partial charge is 0.388 e. The third-order valence-corrected chi connectivity index (χ3v) is 7.36. The molecule has 1 saturated carbocycles. The summed E-state index contributed by atoms with van der Waals surface area (Å²) in [4.78, 5) is 20.2. The van der Waals surface area contributed by atoms with Crippen LogP contribution in [0, 0.1) is 5.82 Å². The molecule has 7 rings (SSSR count). The van der Waals surface area contributed by atoms with Crippen LogP contribution in [0.2, 0.25) is 0 Å². The van der Waals surface area contributed by atoms with E-state index < -0.39 is 11.5 Å². The Labute approximate surface area is 216 Å². The smallest absolute Gasteiger partial charge is 0.250 e. The molecular weight excluding hydrogens is 481 g/mol. The number of nitrogens with one attached hydrogen (secondary N) is 2. The van der Waals surface area contributed by atoms with Crippen molar-refractivity contribution in [2.24, 2.45) is 5.73 Å². The molecule has 0 spiro atoms. The van der Waals surface area contributed by atoms with Gasteiger partial charge in [0.2, 0.25) is 0 Å². The van der Waals surface area contributed by atoms with Gasteiger partial charge in [0.1, 0.15) is 11.6 Å². The van der Waals surface area contributed by atoms with E-state index in [1.807, 2.05) is 42.5 Å². The van der Waals surface area contributed by atoms with Crippen LogP contribution in [0.4, 0.5) is 10.1 Å². The van der Waals surface area contributed by atoms with Crippen LogP contribution in [0.3, 0.4) is 0 Å². The first-order valence-electron chi connectivity index (χ1n) is 12.5. The Balaban J connectivity index is 1.44. The van der Waals surface area contributed by atoms with E-state index >= 15 is 0 Å². The minimum absolute atomic E-state index is 0.331. The molecule has 38 heavy (non-hydrogen) atoms. The van der Waals surface area contributed by atoms with Gasteiger partial charge in [0.25, 0.3) is 5.91 Å². The molecule has 5 N–H and O–H groups in total. The summed E-state index contributed by atoms with van der Waals surface area (Å²) in [5.41, 5.74) is 10.9. The maximum atomic E-state index is 13.8. The lowest BCUT2D eigenvalue weighted by molar-refractivity contribution is 0.100. The number of primary amides is 1. The van der Waals surface area contributed by atoms with Crippen LogP contribution in [0.15, 0.2) is 78.9 Å². The average Bonchev–Trinajstić information content (AvgIpc) is 3.36. The highest BCUT2D eigenvalue weighted by Crippen LogP contribution is 2.39. The van der Waals surface area contributed by atoms with Gasteiger partial charge in [-0.05, 0) is 55.3 Å². The number of H-pyrrole nitrogens is 1. The van der Waals surface area contributed by atoms with E-state index in [2.05, 4.69) is 27.0 Å². The van der Waals surface area contributed by atoms with Crippen LogP contribution < -0.4 is 11.1 Å². The molecule has 0 radical (unpaired) electrons. The predicted octanol–water partition coefficient (Wildman–Crippen LogP) is 5.50. The lowest BCUT2D eigenvalue weighted by atomic mass is 10.1. The number of aromatic amines is 1. The van der Waals surface area contributed by atoms with Gasteiger partial charge in [-0.25, -0.2) is 9.37 Å². The van der Waals surface area contributed by atoms with E-state index in [1.54, 1.807) is 12.1 Å². The van der Waals surface area contributed by atoms with E-state index in [9.17, 15) is 14.3 Å². The second-order valence-corrected chi connectivity index (χ2v) is 9.97. The SMILES string of the molecule is NC(=O)c1ccc(-n2c3ccccc3c3c(-c4nc5cc(F)ccc5[nH]4)cccc32)cc1NCC1(O)CC1. The molecule has 0 aliphatic heterocycles. The van der Waals surface area contributed by atoms with Gasteiger partial charge in [-0.3, -0.25) is 4.79 Å². The molecule has 4 aromatic carbocycles. The Hall–Kier alpha value is -4.69. The maximum absolute atomic E-state index is 13.8. The molecular formula is C30H24FN5O2. The second-order valence-electron chi connectivity index (χ2n) is 9.97. The van der Waals surface area contributed by atoms with Crippen molar-refractivity contribution >= 4 is 44.4 Å². The number of carbonyl (C=O) groups is 1. The molecule has 0 saturated heterocycles. The topological polar surface area (TPSA) is 109 Å². The second kappa shape index (κ2) is 8.16. The van der Waals surface area contributed by atoms with E-state index in [4.69, 9.17) is 10.7 Å². The molecule has 1 amide bonds. The fraction of sp³-hybridized carbons (Fsp3) is 0.133. The number of carbonyl (C=O) groups excluding carboxylic acids is 1. The summed E-state index contributed by atoms with van der Waals surface area (Å²) in [5, 5.41) is 15.6. The fourth-order valence-corrected chi connectivity index (χ4v) is 5.21. The minimum atomic E-state index is -0.734. The highest BCUT2D eigenvalue weighted by Gasteiger charge is 2.40. The van der Waals surface area contributed by atoms with Crippen molar-refractivity contribution in [1.29, 1.82) is 0 Å². The molecule has 6 aromatic rings. The summed E-state index contributed by atoms with van der Waals surface area (Å²) in [6.07, 6.45) is 1.46. The van der Waals surface area contributed by atoms with E-state index in [1.165, 1.54) is 12.1 Å². The minimum Gasteiger partial charge on any atom is -0.388 e. The molecule has 188 valence electrons. The Morgan fingerprint density at radius 2 is 1.87 bits per heavy atom. The van der Waals surface area contributed by atoms with Crippen LogP contribution in [-0.4, -0.2) is 37.7 Å². The molecule has 2 aromatic heterocycles. The number of nitrogens with two attached hydrogens (primary N) is 1. The lowest BCUT2D eigenvalue weighted by Gasteiger charge is -2.16. The Morgan fingerprint density at radius 1 is 1.05 bits per heavy atom. The first-order chi connectivity index (χ1) is 18.4. The molecule has 2 heterocycles. The first kappa shape index (κ1) is 22.5. The number of benzene rings is 4. The van der Waals surface area contributed by atoms with Gasteiger partial charge in [-0.2, -0.15) is 0 Å². The third-order valence-electron chi connectivity index (χ3n) is 7.36. The summed E-state index contributed by atoms with van der Waals surface area (Å²) >= 11 is 0. The quantitative estimate of drug-likeness (QED) is 0.240. The van der Waals surface area contributed by atoms with Gasteiger partial charge in [0.05, 0.1) is 33.2 Å². The molecule has 1 fully saturated rings. The van der Waals surface area contributed by atoms with Crippen molar-refractivity contribution < 1.29 is 14.3 Å². The normalized spacial score (nSPS) is 14.4. The van der Waals surface area contributed by atoms with Crippen molar-refractivity contribution in [1.82, 2.24) is 14.5 Å². The zero-order valence-corrected chi connectivity index (χ0v) is 20.3. The highest BCUT2D eigenvalue weighted by atomic mass is 19.1. The molecule has 0 bridgehead atoms. The van der Waals surface area contributed by atoms with E-state index in [-0.39, 0.29) is 5.82 Å². The van der Waals surface area contributed by atoms with Crippen LogP contribution in [0.5, 0.6) is 0 Å². The number of anilines is 1. The number of hydrogen-bond acceptors (Lipinski definition) is 4. The first-order valence-corrected chi connectivity index (χ1v) is 12.5. The summed E-state index contributed by atoms with van der Waals surface area (Å²) in [5.74, 6) is -0.209. The number of aromatic nitrogens is 3. The highest BCUT2D eigenvalue weighted by molar-refractivity contribution is 6.15. The average molecular weight is 506 g/mol. The summed E-state index contributed by atoms with van der Waals surface area (Å²) in [7, 11) is 0. The van der Waals surface area contributed by atoms with Gasteiger partial charge >= 0.3 is 0 Å². The van der Waals surface area contributed by atoms with Crippen LogP contribution in [0.1, 0.15) is 23.2 Å². The number of aliphatic hydroxyl groups is 1. The fourth-order valence-electron chi connectivity index (χ4n) is 5.21. The van der Waals surface area contributed by atoms with Crippen LogP contribution in [0.25, 0.3) is 49.9 Å². The van der Waals surface area contributed by atoms with Crippen LogP contribution in [-0.2, 0) is 0 Å². The molecule has 1 aliphatic carbocycles. The maximum Gasteiger partial charge on any atom is 0.250 e. The Morgan fingerprint density at radius 3 is 2.68 bits per heavy atom. The predicted molar refractivity (Wildman–Crippen MR) is 147 cm³/mol. The summed E-state index contributed by atoms with van der Waals surface area (Å²) < 4.78 is 16.0. The number of fused-ring (bicyclic) bond motifs is 4. The molecule has 8 heteroatoms. The van der Waals surface area contributed by atoms with E-state index in [0.29, 0.717) is 29.1 Å². The third kappa shape index (κ3) is 3.61. The van der Waals surface area contributed by atoms with Crippen molar-refractivity contribution in [3.05, 3.63) is 90.2 Å². The monoisotopic (exact) mass is 505 g/mol. The van der Waals surface area contributed by atoms with Crippen molar-refractivity contribution in [2.75, 3.05) is 11.9 Å². The number of rotatable bonds is 6. The number of hydrogen-bond donors (Lipinski definition) is 4. The molecule has 7 nitrogen and oxygen atoms in total. The molecule has 1 aliphatic rings. The number of imidazole rings is 1. The van der Waals surface area contributed by atoms with Crippen molar-refractivity contribution in [3.63, 3.8) is 0 Å². The molecule has 0 unspecified atom stereocenters. The van der Waals surface area contributed by atoms with Gasteiger partial charge in [-0.15, -0.1) is 0 Å². The zero-order chi connectivity index (χ0) is 26.0. The lowest BCUT2D eigenvalue weighted by Crippen LogP contribution is -2.23. The van der Waals surface area contributed by atoms with Crippen LogP contribution >= 0.6 is 0 Å². The Bertz CT molecular complexity index is 1900. The van der Waals surface area contributed by atoms with Gasteiger partial charge < -0.3 is 25.7 Å². The molecule has 0 atom stereocenters. The summed E-state index contributed by atoms with van der Waals surface area (Å²) in [6, 6.07) is 24.1. The van der Waals surface area contributed by atoms with E-state index in [0.717, 1.165) is 51.4 Å². The van der Waals surface area contributed by atoms with Gasteiger partial charge in [0.15, 0.2) is 0 Å². The van der Waals surface area contributed by atoms with Crippen molar-refractivity contribution in [2.45, 2.75) is 18.4 Å². The van der Waals surface area contributed by atoms with Crippen molar-refractivity contribution in [3.8, 4) is 17.1 Å². The number of para-hydroxylation sites is 1. The van der Waals surface area contributed by atoms with Gasteiger partial charge in [0, 0.05) is 40.3 Å². The summed E-state index contributed by atoms with van der Waals surface area (Å²) in [6.45, 7) is 0.348. The Kier molecular flexibility index (Phi) is 4.83. The standard InChI is InChI=1S/C30H24FN5O2/c31-17-8-11-22-24(14-17)35-29(34-22)21-5-3-7-26-27(21)20-4-1-2-6-25(20)36(26)18-9-10-19(28(32)37)23(15-18)33-16-30(38)12-13-30/h1-11,14-15,33,38H,12-13,16H2,(H2,32,37)(H,34,35). The number of halogens is 1. The van der Waals surface area contributed by atoms with Gasteiger partial charge in [-0.1, -0.05) is 30.3 Å². The number of amides is 1. The zero-order valence-electron chi connectivity index (χ0n) is 20.3.